The molecule has 1 atom stereocenters. The zero-order valence-corrected chi connectivity index (χ0v) is 9.76. The Morgan fingerprint density at radius 1 is 1.44 bits per heavy atom. The monoisotopic (exact) mass is 250 g/mol. The molecule has 0 spiro atoms. The van der Waals surface area contributed by atoms with Gasteiger partial charge in [0.2, 0.25) is 0 Å². The van der Waals surface area contributed by atoms with Gasteiger partial charge in [0.25, 0.3) is 5.91 Å². The number of rotatable bonds is 2. The zero-order chi connectivity index (χ0) is 13.1. The summed E-state index contributed by atoms with van der Waals surface area (Å²) >= 11 is 0. The summed E-state index contributed by atoms with van der Waals surface area (Å²) in [5.74, 6) is -1.83. The second kappa shape index (κ2) is 5.03. The summed E-state index contributed by atoms with van der Waals surface area (Å²) in [4.78, 5) is 38.7. The van der Waals surface area contributed by atoms with Crippen LogP contribution in [0.3, 0.4) is 0 Å². The van der Waals surface area contributed by atoms with Crippen LogP contribution in [0, 0.1) is 5.92 Å². The smallest absolute Gasteiger partial charge is 0.308 e. The van der Waals surface area contributed by atoms with Gasteiger partial charge >= 0.3 is 5.97 Å². The number of nitrogens with one attached hydrogen (secondary N) is 1. The summed E-state index contributed by atoms with van der Waals surface area (Å²) < 4.78 is 0. The number of likely N-dealkylation sites (tertiary alicyclic amines) is 1. The van der Waals surface area contributed by atoms with E-state index < -0.39 is 17.8 Å². The van der Waals surface area contributed by atoms with Gasteiger partial charge in [-0.1, -0.05) is 0 Å². The highest BCUT2D eigenvalue weighted by atomic mass is 16.4. The fourth-order valence-corrected chi connectivity index (χ4v) is 2.12. The molecule has 0 radical (unpaired) electrons. The second-order valence-electron chi connectivity index (χ2n) is 4.35. The Bertz CT molecular complexity index is 523. The third-order valence-electron chi connectivity index (χ3n) is 3.11. The van der Waals surface area contributed by atoms with Crippen LogP contribution in [0.4, 0.5) is 0 Å². The number of hydrogen-bond acceptors (Lipinski definition) is 3. The molecule has 0 aliphatic carbocycles. The predicted octanol–water partition coefficient (Wildman–Crippen LogP) is 0.312. The fraction of sp³-hybridized carbons (Fsp3) is 0.417. The van der Waals surface area contributed by atoms with Gasteiger partial charge in [0, 0.05) is 31.5 Å². The summed E-state index contributed by atoms with van der Waals surface area (Å²) in [6.07, 6.45) is 4.03. The average Bonchev–Trinajstić information content (AvgIpc) is 2.38. The molecule has 1 saturated heterocycles. The summed E-state index contributed by atoms with van der Waals surface area (Å²) in [7, 11) is 0. The first kappa shape index (κ1) is 12.3. The molecular formula is C12H14N2O4. The third-order valence-corrected chi connectivity index (χ3v) is 3.11. The van der Waals surface area contributed by atoms with Crippen molar-refractivity contribution in [1.82, 2.24) is 9.88 Å². The lowest BCUT2D eigenvalue weighted by Gasteiger charge is -2.30. The molecule has 1 aromatic rings. The molecule has 0 aromatic carbocycles. The molecule has 96 valence electrons. The predicted molar refractivity (Wildman–Crippen MR) is 63.3 cm³/mol. The number of piperidine rings is 1. The molecule has 2 N–H and O–H groups in total. The van der Waals surface area contributed by atoms with Crippen LogP contribution in [0.25, 0.3) is 0 Å². The van der Waals surface area contributed by atoms with Gasteiger partial charge in [0.1, 0.15) is 5.56 Å². The molecule has 1 unspecified atom stereocenters. The van der Waals surface area contributed by atoms with Gasteiger partial charge in [-0.05, 0) is 12.8 Å². The standard InChI is InChI=1S/C12H14N2O4/c15-10-3-4-13-6-9(10)11(16)14-5-1-2-8(7-14)12(17)18/h3-4,6,8H,1-2,5,7H2,(H,13,15)(H,17,18). The van der Waals surface area contributed by atoms with Gasteiger partial charge < -0.3 is 15.0 Å². The number of nitrogens with zero attached hydrogens (tertiary/aromatic N) is 1. The first-order valence-corrected chi connectivity index (χ1v) is 5.79. The van der Waals surface area contributed by atoms with Crippen molar-refractivity contribution < 1.29 is 14.7 Å². The molecule has 1 aliphatic rings. The normalized spacial score (nSPS) is 19.6. The van der Waals surface area contributed by atoms with Crippen molar-refractivity contribution in [3.8, 4) is 0 Å². The van der Waals surface area contributed by atoms with Crippen molar-refractivity contribution in [2.45, 2.75) is 12.8 Å². The summed E-state index contributed by atoms with van der Waals surface area (Å²) in [5, 5.41) is 8.96. The van der Waals surface area contributed by atoms with Gasteiger partial charge in [-0.25, -0.2) is 0 Å². The topological polar surface area (TPSA) is 90.5 Å². The van der Waals surface area contributed by atoms with Crippen molar-refractivity contribution in [3.63, 3.8) is 0 Å². The number of carboxylic acid groups (broad SMARTS) is 1. The minimum atomic E-state index is -0.894. The maximum Gasteiger partial charge on any atom is 0.308 e. The van der Waals surface area contributed by atoms with Gasteiger partial charge in [0.15, 0.2) is 5.43 Å². The molecule has 6 heteroatoms. The number of aliphatic carboxylic acids is 1. The Labute approximate surface area is 103 Å². The zero-order valence-electron chi connectivity index (χ0n) is 9.76. The first-order valence-electron chi connectivity index (χ1n) is 5.79. The number of pyridine rings is 1. The van der Waals surface area contributed by atoms with E-state index >= 15 is 0 Å². The highest BCUT2D eigenvalue weighted by molar-refractivity contribution is 5.94. The molecule has 1 aromatic heterocycles. The van der Waals surface area contributed by atoms with E-state index in [-0.39, 0.29) is 17.5 Å². The van der Waals surface area contributed by atoms with Crippen LogP contribution in [-0.4, -0.2) is 40.0 Å². The number of hydrogen-bond donors (Lipinski definition) is 2. The van der Waals surface area contributed by atoms with Crippen LogP contribution in [0.15, 0.2) is 23.3 Å². The minimum absolute atomic E-state index is 0.0588. The maximum atomic E-state index is 12.1. The third kappa shape index (κ3) is 2.42. The van der Waals surface area contributed by atoms with E-state index in [2.05, 4.69) is 4.98 Å². The van der Waals surface area contributed by atoms with Crippen molar-refractivity contribution in [1.29, 1.82) is 0 Å². The van der Waals surface area contributed by atoms with Gasteiger partial charge in [-0.15, -0.1) is 0 Å². The number of carboxylic acids is 1. The van der Waals surface area contributed by atoms with E-state index in [1.165, 1.54) is 23.4 Å². The lowest BCUT2D eigenvalue weighted by atomic mass is 9.98. The number of amides is 1. The van der Waals surface area contributed by atoms with Gasteiger partial charge in [-0.3, -0.25) is 14.4 Å². The van der Waals surface area contributed by atoms with Crippen molar-refractivity contribution >= 4 is 11.9 Å². The molecular weight excluding hydrogens is 236 g/mol. The van der Waals surface area contributed by atoms with Crippen molar-refractivity contribution in [2.24, 2.45) is 5.92 Å². The number of aromatic nitrogens is 1. The molecule has 1 amide bonds. The Morgan fingerprint density at radius 2 is 2.22 bits per heavy atom. The number of aromatic amines is 1. The van der Waals surface area contributed by atoms with E-state index in [9.17, 15) is 14.4 Å². The average molecular weight is 250 g/mol. The Hall–Kier alpha value is -2.11. The van der Waals surface area contributed by atoms with Crippen molar-refractivity contribution in [2.75, 3.05) is 13.1 Å². The number of carbonyl (C=O) groups excluding carboxylic acids is 1. The lowest BCUT2D eigenvalue weighted by molar-refractivity contribution is -0.143. The van der Waals surface area contributed by atoms with E-state index in [1.54, 1.807) is 0 Å². The SMILES string of the molecule is O=C(O)C1CCCN(C(=O)c2c[nH]ccc2=O)C1. The molecule has 2 rings (SSSR count). The molecule has 2 heterocycles. The maximum absolute atomic E-state index is 12.1. The Kier molecular flexibility index (Phi) is 3.45. The molecule has 1 fully saturated rings. The van der Waals surface area contributed by atoms with Crippen LogP contribution in [0.1, 0.15) is 23.2 Å². The molecule has 6 nitrogen and oxygen atoms in total. The molecule has 0 bridgehead atoms. The van der Waals surface area contributed by atoms with E-state index in [0.717, 1.165) is 0 Å². The highest BCUT2D eigenvalue weighted by Gasteiger charge is 2.29. The van der Waals surface area contributed by atoms with Crippen LogP contribution < -0.4 is 5.43 Å². The molecule has 1 aliphatic heterocycles. The quantitative estimate of drug-likeness (QED) is 0.790. The van der Waals surface area contributed by atoms with Crippen LogP contribution >= 0.6 is 0 Å². The van der Waals surface area contributed by atoms with Crippen LogP contribution in [0.5, 0.6) is 0 Å². The van der Waals surface area contributed by atoms with Gasteiger partial charge in [0.05, 0.1) is 5.92 Å². The van der Waals surface area contributed by atoms with Crippen LogP contribution in [0.2, 0.25) is 0 Å². The largest absolute Gasteiger partial charge is 0.481 e. The fourth-order valence-electron chi connectivity index (χ4n) is 2.12. The number of H-pyrrole nitrogens is 1. The van der Waals surface area contributed by atoms with Gasteiger partial charge in [-0.2, -0.15) is 0 Å². The second-order valence-corrected chi connectivity index (χ2v) is 4.35. The minimum Gasteiger partial charge on any atom is -0.481 e. The van der Waals surface area contributed by atoms with Crippen LogP contribution in [-0.2, 0) is 4.79 Å². The first-order chi connectivity index (χ1) is 8.59. The summed E-state index contributed by atoms with van der Waals surface area (Å²) in [6, 6.07) is 1.28. The Morgan fingerprint density at radius 3 is 2.89 bits per heavy atom. The highest BCUT2D eigenvalue weighted by Crippen LogP contribution is 2.17. The summed E-state index contributed by atoms with van der Waals surface area (Å²) in [6.45, 7) is 0.666. The lowest BCUT2D eigenvalue weighted by Crippen LogP contribution is -2.43. The van der Waals surface area contributed by atoms with Crippen molar-refractivity contribution in [3.05, 3.63) is 34.2 Å². The number of carbonyl (C=O) groups is 2. The Balaban J connectivity index is 2.17. The van der Waals surface area contributed by atoms with E-state index in [0.29, 0.717) is 19.4 Å². The molecule has 18 heavy (non-hydrogen) atoms. The van der Waals surface area contributed by atoms with E-state index in [4.69, 9.17) is 5.11 Å². The summed E-state index contributed by atoms with van der Waals surface area (Å²) in [5.41, 5.74) is -0.292. The molecule has 0 saturated carbocycles. The van der Waals surface area contributed by atoms with E-state index in [1.807, 2.05) is 0 Å².